The lowest BCUT2D eigenvalue weighted by molar-refractivity contribution is 0.178. The van der Waals surface area contributed by atoms with Crippen LogP contribution in [0.4, 0.5) is 11.6 Å². The van der Waals surface area contributed by atoms with Gasteiger partial charge in [-0.05, 0) is 33.1 Å². The first-order valence-electron chi connectivity index (χ1n) is 7.58. The van der Waals surface area contributed by atoms with E-state index >= 15 is 0 Å². The van der Waals surface area contributed by atoms with Crippen LogP contribution >= 0.6 is 0 Å². The summed E-state index contributed by atoms with van der Waals surface area (Å²) in [7, 11) is 1.68. The number of rotatable bonds is 6. The molecule has 2 unspecified atom stereocenters. The molecule has 0 amide bonds. The average Bonchev–Trinajstić information content (AvgIpc) is 2.80. The van der Waals surface area contributed by atoms with Crippen molar-refractivity contribution in [3.63, 3.8) is 0 Å². The zero-order valence-corrected chi connectivity index (χ0v) is 13.0. The van der Waals surface area contributed by atoms with Gasteiger partial charge in [-0.3, -0.25) is 0 Å². The Morgan fingerprint density at radius 1 is 1.35 bits per heavy atom. The van der Waals surface area contributed by atoms with Gasteiger partial charge in [-0.25, -0.2) is 9.97 Å². The molecular weight excluding hydrogens is 252 g/mol. The fraction of sp³-hybridized carbons (Fsp3) is 0.733. The number of nitrogens with one attached hydrogen (secondary N) is 1. The summed E-state index contributed by atoms with van der Waals surface area (Å²) in [5, 5.41) is 3.28. The zero-order valence-electron chi connectivity index (χ0n) is 13.0. The molecule has 0 saturated carbocycles. The monoisotopic (exact) mass is 278 g/mol. The Kier molecular flexibility index (Phi) is 5.17. The van der Waals surface area contributed by atoms with E-state index in [1.165, 1.54) is 12.8 Å². The Morgan fingerprint density at radius 2 is 2.15 bits per heavy atom. The smallest absolute Gasteiger partial charge is 0.158 e. The molecule has 1 N–H and O–H groups in total. The van der Waals surface area contributed by atoms with Crippen molar-refractivity contribution in [1.82, 2.24) is 9.97 Å². The van der Waals surface area contributed by atoms with Crippen LogP contribution in [0.25, 0.3) is 0 Å². The molecule has 112 valence electrons. The van der Waals surface area contributed by atoms with Gasteiger partial charge in [-0.2, -0.15) is 0 Å². The van der Waals surface area contributed by atoms with Gasteiger partial charge in [0, 0.05) is 31.8 Å². The second-order valence-electron chi connectivity index (χ2n) is 5.39. The van der Waals surface area contributed by atoms with Crippen molar-refractivity contribution in [2.24, 2.45) is 0 Å². The molecule has 0 aliphatic carbocycles. The van der Waals surface area contributed by atoms with Gasteiger partial charge in [0.1, 0.15) is 18.2 Å². The molecule has 1 fully saturated rings. The van der Waals surface area contributed by atoms with Crippen LogP contribution in [-0.2, 0) is 11.3 Å². The number of ether oxygens (including phenoxy) is 1. The summed E-state index contributed by atoms with van der Waals surface area (Å²) in [4.78, 5) is 11.6. The van der Waals surface area contributed by atoms with Crippen molar-refractivity contribution >= 4 is 11.6 Å². The molecule has 20 heavy (non-hydrogen) atoms. The number of anilines is 2. The molecule has 0 radical (unpaired) electrons. The standard InChI is InChI=1S/C15H26N4O/c1-5-12-8-7-11(3)19(12)15-9-13(16-6-2)17-14(18-15)10-20-4/h9,11-12H,5-8,10H2,1-4H3,(H,16,17,18). The van der Waals surface area contributed by atoms with Crippen LogP contribution in [0.5, 0.6) is 0 Å². The van der Waals surface area contributed by atoms with Crippen LogP contribution in [0.3, 0.4) is 0 Å². The molecule has 1 aromatic heterocycles. The highest BCUT2D eigenvalue weighted by molar-refractivity contribution is 5.51. The van der Waals surface area contributed by atoms with Crippen LogP contribution in [0.2, 0.25) is 0 Å². The van der Waals surface area contributed by atoms with E-state index in [4.69, 9.17) is 4.74 Å². The first-order chi connectivity index (χ1) is 9.69. The number of hydrogen-bond acceptors (Lipinski definition) is 5. The largest absolute Gasteiger partial charge is 0.377 e. The van der Waals surface area contributed by atoms with Crippen molar-refractivity contribution < 1.29 is 4.74 Å². The lowest BCUT2D eigenvalue weighted by Gasteiger charge is -2.29. The minimum absolute atomic E-state index is 0.450. The topological polar surface area (TPSA) is 50.3 Å². The Hall–Kier alpha value is -1.36. The summed E-state index contributed by atoms with van der Waals surface area (Å²) in [6.07, 6.45) is 3.64. The van der Waals surface area contributed by atoms with Gasteiger partial charge < -0.3 is 15.0 Å². The molecule has 0 bridgehead atoms. The van der Waals surface area contributed by atoms with Crippen molar-refractivity contribution in [2.45, 2.75) is 58.7 Å². The van der Waals surface area contributed by atoms with Gasteiger partial charge in [-0.1, -0.05) is 6.92 Å². The molecule has 5 heteroatoms. The highest BCUT2D eigenvalue weighted by Crippen LogP contribution is 2.31. The van der Waals surface area contributed by atoms with Gasteiger partial charge in [0.05, 0.1) is 0 Å². The SMILES string of the molecule is CCNc1cc(N2C(C)CCC2CC)nc(COC)n1. The first-order valence-corrected chi connectivity index (χ1v) is 7.58. The number of aromatic nitrogens is 2. The van der Waals surface area contributed by atoms with Crippen molar-refractivity contribution in [1.29, 1.82) is 0 Å². The Morgan fingerprint density at radius 3 is 2.80 bits per heavy atom. The average molecular weight is 278 g/mol. The highest BCUT2D eigenvalue weighted by atomic mass is 16.5. The minimum atomic E-state index is 0.450. The molecular formula is C15H26N4O. The summed E-state index contributed by atoms with van der Waals surface area (Å²) in [5.74, 6) is 2.66. The van der Waals surface area contributed by atoms with Gasteiger partial charge in [-0.15, -0.1) is 0 Å². The lowest BCUT2D eigenvalue weighted by Crippen LogP contribution is -2.35. The third kappa shape index (κ3) is 3.20. The molecule has 2 atom stereocenters. The van der Waals surface area contributed by atoms with Crippen molar-refractivity contribution in [3.05, 3.63) is 11.9 Å². The van der Waals surface area contributed by atoms with E-state index in [2.05, 4.69) is 47.0 Å². The molecule has 5 nitrogen and oxygen atoms in total. The third-order valence-electron chi connectivity index (χ3n) is 3.91. The molecule has 1 saturated heterocycles. The van der Waals surface area contributed by atoms with Crippen molar-refractivity contribution in [2.75, 3.05) is 23.9 Å². The van der Waals surface area contributed by atoms with E-state index in [0.717, 1.165) is 30.4 Å². The third-order valence-corrected chi connectivity index (χ3v) is 3.91. The quantitative estimate of drug-likeness (QED) is 0.867. The van der Waals surface area contributed by atoms with E-state index in [1.54, 1.807) is 7.11 Å². The summed E-state index contributed by atoms with van der Waals surface area (Å²) in [5.41, 5.74) is 0. The molecule has 0 aromatic carbocycles. The predicted octanol–water partition coefficient (Wildman–Crippen LogP) is 2.82. The van der Waals surface area contributed by atoms with E-state index in [9.17, 15) is 0 Å². The maximum Gasteiger partial charge on any atom is 0.158 e. The normalized spacial score (nSPS) is 22.3. The first kappa shape index (κ1) is 15.0. The Labute approximate surface area is 121 Å². The molecule has 2 rings (SSSR count). The number of nitrogens with zero attached hydrogens (tertiary/aromatic N) is 3. The molecule has 0 spiro atoms. The Balaban J connectivity index is 2.33. The van der Waals surface area contributed by atoms with Crippen LogP contribution in [0, 0.1) is 0 Å². The lowest BCUT2D eigenvalue weighted by atomic mass is 10.1. The fourth-order valence-corrected chi connectivity index (χ4v) is 2.97. The number of methoxy groups -OCH3 is 1. The fourth-order valence-electron chi connectivity index (χ4n) is 2.97. The zero-order chi connectivity index (χ0) is 14.5. The predicted molar refractivity (Wildman–Crippen MR) is 82.2 cm³/mol. The van der Waals surface area contributed by atoms with E-state index in [1.807, 2.05) is 0 Å². The minimum Gasteiger partial charge on any atom is -0.377 e. The van der Waals surface area contributed by atoms with Crippen LogP contribution in [0.1, 0.15) is 45.9 Å². The molecule has 1 aliphatic rings. The van der Waals surface area contributed by atoms with Gasteiger partial charge in [0.2, 0.25) is 0 Å². The maximum atomic E-state index is 5.19. The van der Waals surface area contributed by atoms with Crippen LogP contribution < -0.4 is 10.2 Å². The summed E-state index contributed by atoms with van der Waals surface area (Å²) in [6, 6.07) is 3.19. The summed E-state index contributed by atoms with van der Waals surface area (Å²) in [6.45, 7) is 7.91. The second-order valence-corrected chi connectivity index (χ2v) is 5.39. The van der Waals surface area contributed by atoms with E-state index in [0.29, 0.717) is 18.7 Å². The number of hydrogen-bond donors (Lipinski definition) is 1. The summed E-state index contributed by atoms with van der Waals surface area (Å²) < 4.78 is 5.19. The van der Waals surface area contributed by atoms with Gasteiger partial charge >= 0.3 is 0 Å². The highest BCUT2D eigenvalue weighted by Gasteiger charge is 2.30. The maximum absolute atomic E-state index is 5.19. The molecule has 1 aliphatic heterocycles. The van der Waals surface area contributed by atoms with Crippen molar-refractivity contribution in [3.8, 4) is 0 Å². The molecule has 2 heterocycles. The second kappa shape index (κ2) is 6.88. The van der Waals surface area contributed by atoms with Crippen LogP contribution in [0.15, 0.2) is 6.07 Å². The van der Waals surface area contributed by atoms with Gasteiger partial charge in [0.25, 0.3) is 0 Å². The van der Waals surface area contributed by atoms with Gasteiger partial charge in [0.15, 0.2) is 5.82 Å². The van der Waals surface area contributed by atoms with E-state index in [-0.39, 0.29) is 0 Å². The summed E-state index contributed by atoms with van der Waals surface area (Å²) >= 11 is 0. The Bertz CT molecular complexity index is 414. The molecule has 1 aromatic rings. The van der Waals surface area contributed by atoms with Crippen LogP contribution in [-0.4, -0.2) is 35.7 Å². The van der Waals surface area contributed by atoms with E-state index < -0.39 is 0 Å².